The summed E-state index contributed by atoms with van der Waals surface area (Å²) in [5.74, 6) is -1.43. The van der Waals surface area contributed by atoms with Crippen LogP contribution in [0.4, 0.5) is 4.39 Å². The maximum atomic E-state index is 12.9. The Labute approximate surface area is 141 Å². The molecule has 0 saturated heterocycles. The van der Waals surface area contributed by atoms with Gasteiger partial charge in [-0.3, -0.25) is 4.79 Å². The van der Waals surface area contributed by atoms with E-state index in [1.807, 2.05) is 24.3 Å². The van der Waals surface area contributed by atoms with Crippen molar-refractivity contribution in [1.82, 2.24) is 5.32 Å². The van der Waals surface area contributed by atoms with E-state index in [1.165, 1.54) is 31.4 Å². The number of hydrogen-bond acceptors (Lipinski definition) is 3. The van der Waals surface area contributed by atoms with Gasteiger partial charge in [-0.1, -0.05) is 28.1 Å². The molecule has 0 spiro atoms. The van der Waals surface area contributed by atoms with Crippen molar-refractivity contribution in [2.75, 3.05) is 7.11 Å². The Morgan fingerprint density at radius 1 is 1.13 bits per heavy atom. The third kappa shape index (κ3) is 4.89. The monoisotopic (exact) mass is 379 g/mol. The highest BCUT2D eigenvalue weighted by Gasteiger charge is 2.22. The molecule has 2 rings (SSSR count). The lowest BCUT2D eigenvalue weighted by atomic mass is 10.1. The molecular weight excluding hydrogens is 365 g/mol. The van der Waals surface area contributed by atoms with Crippen molar-refractivity contribution in [2.24, 2.45) is 0 Å². The van der Waals surface area contributed by atoms with Gasteiger partial charge >= 0.3 is 5.97 Å². The fraction of sp³-hybridized carbons (Fsp3) is 0.176. The van der Waals surface area contributed by atoms with Crippen LogP contribution >= 0.6 is 15.9 Å². The first-order chi connectivity index (χ1) is 11.0. The lowest BCUT2D eigenvalue weighted by Crippen LogP contribution is -2.43. The number of nitrogens with one attached hydrogen (secondary N) is 1. The van der Waals surface area contributed by atoms with Gasteiger partial charge in [-0.2, -0.15) is 0 Å². The zero-order chi connectivity index (χ0) is 16.8. The van der Waals surface area contributed by atoms with Crippen molar-refractivity contribution in [3.8, 4) is 0 Å². The third-order valence-electron chi connectivity index (χ3n) is 3.25. The molecule has 0 radical (unpaired) electrons. The van der Waals surface area contributed by atoms with E-state index in [9.17, 15) is 14.0 Å². The second-order valence-corrected chi connectivity index (χ2v) is 5.80. The Bertz CT molecular complexity index is 686. The van der Waals surface area contributed by atoms with Crippen LogP contribution in [0.5, 0.6) is 0 Å². The zero-order valence-electron chi connectivity index (χ0n) is 12.4. The summed E-state index contributed by atoms with van der Waals surface area (Å²) in [6.07, 6.45) is 0.299. The number of esters is 1. The van der Waals surface area contributed by atoms with Crippen LogP contribution in [0.1, 0.15) is 15.9 Å². The first kappa shape index (κ1) is 17.1. The number of halogens is 2. The summed E-state index contributed by atoms with van der Waals surface area (Å²) in [6, 6.07) is 11.7. The molecule has 23 heavy (non-hydrogen) atoms. The summed E-state index contributed by atoms with van der Waals surface area (Å²) in [7, 11) is 1.26. The van der Waals surface area contributed by atoms with Gasteiger partial charge in [0.2, 0.25) is 0 Å². The summed E-state index contributed by atoms with van der Waals surface area (Å²) in [6.45, 7) is 0. The Hall–Kier alpha value is -2.21. The van der Waals surface area contributed by atoms with Gasteiger partial charge in [0, 0.05) is 16.5 Å². The predicted molar refractivity (Wildman–Crippen MR) is 87.5 cm³/mol. The number of benzene rings is 2. The zero-order valence-corrected chi connectivity index (χ0v) is 14.0. The number of rotatable bonds is 5. The molecule has 1 atom stereocenters. The maximum absolute atomic E-state index is 12.9. The Kier molecular flexibility index (Phi) is 5.87. The van der Waals surface area contributed by atoms with E-state index in [1.54, 1.807) is 0 Å². The highest BCUT2D eigenvalue weighted by atomic mass is 79.9. The summed E-state index contributed by atoms with van der Waals surface area (Å²) in [5.41, 5.74) is 1.15. The number of carbonyl (C=O) groups is 2. The van der Waals surface area contributed by atoms with Gasteiger partial charge in [-0.25, -0.2) is 9.18 Å². The van der Waals surface area contributed by atoms with Crippen LogP contribution in [0.3, 0.4) is 0 Å². The van der Waals surface area contributed by atoms with Crippen LogP contribution in [0.2, 0.25) is 0 Å². The normalized spacial score (nSPS) is 11.6. The minimum Gasteiger partial charge on any atom is -0.467 e. The van der Waals surface area contributed by atoms with E-state index >= 15 is 0 Å². The number of methoxy groups -OCH3 is 1. The van der Waals surface area contributed by atoms with E-state index in [-0.39, 0.29) is 5.56 Å². The minimum atomic E-state index is -0.821. The summed E-state index contributed by atoms with van der Waals surface area (Å²) in [5, 5.41) is 2.62. The third-order valence-corrected chi connectivity index (χ3v) is 3.78. The van der Waals surface area contributed by atoms with Gasteiger partial charge in [0.15, 0.2) is 0 Å². The van der Waals surface area contributed by atoms with Gasteiger partial charge in [0.25, 0.3) is 5.91 Å². The molecule has 0 aliphatic rings. The molecular formula is C17H15BrFNO3. The fourth-order valence-electron chi connectivity index (χ4n) is 2.03. The lowest BCUT2D eigenvalue weighted by Gasteiger charge is -2.16. The van der Waals surface area contributed by atoms with E-state index < -0.39 is 23.7 Å². The predicted octanol–water partition coefficient (Wildman–Crippen LogP) is 3.10. The molecule has 0 bridgehead atoms. The number of carbonyl (C=O) groups excluding carboxylic acids is 2. The first-order valence-corrected chi connectivity index (χ1v) is 7.67. The van der Waals surface area contributed by atoms with Crippen molar-refractivity contribution in [3.05, 3.63) is 69.9 Å². The fourth-order valence-corrected chi connectivity index (χ4v) is 2.30. The highest BCUT2D eigenvalue weighted by Crippen LogP contribution is 2.13. The summed E-state index contributed by atoms with van der Waals surface area (Å²) >= 11 is 3.34. The van der Waals surface area contributed by atoms with Gasteiger partial charge in [-0.05, 0) is 42.0 Å². The highest BCUT2D eigenvalue weighted by molar-refractivity contribution is 9.10. The van der Waals surface area contributed by atoms with E-state index in [0.29, 0.717) is 6.42 Å². The number of amides is 1. The van der Waals surface area contributed by atoms with Gasteiger partial charge in [0.05, 0.1) is 7.11 Å². The van der Waals surface area contributed by atoms with Crippen molar-refractivity contribution in [3.63, 3.8) is 0 Å². The summed E-state index contributed by atoms with van der Waals surface area (Å²) in [4.78, 5) is 24.1. The van der Waals surface area contributed by atoms with Crippen molar-refractivity contribution < 1.29 is 18.7 Å². The van der Waals surface area contributed by atoms with Crippen LogP contribution in [-0.2, 0) is 16.0 Å². The second-order valence-electron chi connectivity index (χ2n) is 4.89. The maximum Gasteiger partial charge on any atom is 0.328 e. The van der Waals surface area contributed by atoms with E-state index in [4.69, 9.17) is 4.74 Å². The van der Waals surface area contributed by atoms with Gasteiger partial charge in [0.1, 0.15) is 11.9 Å². The van der Waals surface area contributed by atoms with E-state index in [0.717, 1.165) is 10.0 Å². The van der Waals surface area contributed by atoms with Gasteiger partial charge < -0.3 is 10.1 Å². The molecule has 0 unspecified atom stereocenters. The Morgan fingerprint density at radius 2 is 1.74 bits per heavy atom. The minimum absolute atomic E-state index is 0.274. The first-order valence-electron chi connectivity index (χ1n) is 6.88. The summed E-state index contributed by atoms with van der Waals surface area (Å²) < 4.78 is 18.6. The molecule has 2 aromatic carbocycles. The standard InChI is InChI=1S/C17H15BrFNO3/c1-23-17(22)15(10-11-2-6-13(18)7-3-11)20-16(21)12-4-8-14(19)9-5-12/h2-9,15H,10H2,1H3,(H,20,21)/t15-/m1/s1. The molecule has 2 aromatic rings. The molecule has 1 N–H and O–H groups in total. The van der Waals surface area contributed by atoms with Crippen LogP contribution in [0.15, 0.2) is 53.0 Å². The Balaban J connectivity index is 2.12. The molecule has 1 amide bonds. The van der Waals surface area contributed by atoms with Crippen LogP contribution in [0.25, 0.3) is 0 Å². The van der Waals surface area contributed by atoms with Crippen LogP contribution in [0, 0.1) is 5.82 Å². The molecule has 0 heterocycles. The molecule has 0 saturated carbocycles. The van der Waals surface area contributed by atoms with Crippen molar-refractivity contribution in [2.45, 2.75) is 12.5 Å². The molecule has 6 heteroatoms. The van der Waals surface area contributed by atoms with Crippen LogP contribution < -0.4 is 5.32 Å². The Morgan fingerprint density at radius 3 is 2.30 bits per heavy atom. The largest absolute Gasteiger partial charge is 0.467 e. The second kappa shape index (κ2) is 7.87. The van der Waals surface area contributed by atoms with E-state index in [2.05, 4.69) is 21.2 Å². The van der Waals surface area contributed by atoms with Crippen molar-refractivity contribution >= 4 is 27.8 Å². The smallest absolute Gasteiger partial charge is 0.328 e. The quantitative estimate of drug-likeness (QED) is 0.812. The molecule has 4 nitrogen and oxygen atoms in total. The number of ether oxygens (including phenoxy) is 1. The number of hydrogen-bond donors (Lipinski definition) is 1. The average molecular weight is 380 g/mol. The lowest BCUT2D eigenvalue weighted by molar-refractivity contribution is -0.142. The topological polar surface area (TPSA) is 55.4 Å². The molecule has 120 valence electrons. The van der Waals surface area contributed by atoms with Crippen LogP contribution in [-0.4, -0.2) is 25.0 Å². The molecule has 0 aliphatic heterocycles. The molecule has 0 fully saturated rings. The molecule has 0 aromatic heterocycles. The molecule has 0 aliphatic carbocycles. The SMILES string of the molecule is COC(=O)[C@@H](Cc1ccc(Br)cc1)NC(=O)c1ccc(F)cc1. The van der Waals surface area contributed by atoms with Gasteiger partial charge in [-0.15, -0.1) is 0 Å². The average Bonchev–Trinajstić information content (AvgIpc) is 2.56. The van der Waals surface area contributed by atoms with Crippen molar-refractivity contribution in [1.29, 1.82) is 0 Å².